The van der Waals surface area contributed by atoms with Crippen LogP contribution in [0, 0.1) is 11.3 Å². The first-order valence-electron chi connectivity index (χ1n) is 8.57. The van der Waals surface area contributed by atoms with Crippen molar-refractivity contribution in [1.82, 2.24) is 0 Å². The summed E-state index contributed by atoms with van der Waals surface area (Å²) in [6.07, 6.45) is 14.0. The Kier molecular flexibility index (Phi) is 5.46. The molecule has 0 aromatic rings. The summed E-state index contributed by atoms with van der Waals surface area (Å²) in [6.45, 7) is 0. The topological polar surface area (TPSA) is 104 Å². The van der Waals surface area contributed by atoms with Crippen LogP contribution in [0.15, 0.2) is 0 Å². The van der Waals surface area contributed by atoms with Gasteiger partial charge in [-0.1, -0.05) is 38.5 Å². The molecule has 2 rings (SSSR count). The van der Waals surface area contributed by atoms with Crippen LogP contribution in [0.3, 0.4) is 0 Å². The van der Waals surface area contributed by atoms with Crippen LogP contribution < -0.4 is 22.9 Å². The summed E-state index contributed by atoms with van der Waals surface area (Å²) in [5.41, 5.74) is 24.7. The van der Waals surface area contributed by atoms with Crippen LogP contribution in [0.2, 0.25) is 0 Å². The smallest absolute Gasteiger partial charge is 0.0723 e. The number of hydrogen-bond acceptors (Lipinski definition) is 4. The molecule has 118 valence electrons. The van der Waals surface area contributed by atoms with Gasteiger partial charge in [-0.25, -0.2) is 0 Å². The summed E-state index contributed by atoms with van der Waals surface area (Å²) in [4.78, 5) is 0. The summed E-state index contributed by atoms with van der Waals surface area (Å²) >= 11 is 0. The fraction of sp³-hybridized carbons (Fsp3) is 1.00. The fourth-order valence-corrected chi connectivity index (χ4v) is 4.58. The molecule has 0 heterocycles. The number of nitrogens with two attached hydrogens (primary N) is 4. The molecular weight excluding hydrogens is 248 g/mol. The molecule has 0 saturated heterocycles. The molecule has 2 fully saturated rings. The van der Waals surface area contributed by atoms with E-state index in [1.807, 2.05) is 0 Å². The van der Waals surface area contributed by atoms with Crippen LogP contribution in [-0.2, 0) is 0 Å². The van der Waals surface area contributed by atoms with E-state index in [0.717, 1.165) is 25.7 Å². The van der Waals surface area contributed by atoms with E-state index in [2.05, 4.69) is 0 Å². The maximum atomic E-state index is 6.78. The average Bonchev–Trinajstić information content (AvgIpc) is 2.47. The quantitative estimate of drug-likeness (QED) is 0.580. The van der Waals surface area contributed by atoms with E-state index in [-0.39, 0.29) is 11.6 Å². The molecule has 0 radical (unpaired) electrons. The summed E-state index contributed by atoms with van der Waals surface area (Å²) < 4.78 is 0. The van der Waals surface area contributed by atoms with Crippen LogP contribution in [0.1, 0.15) is 77.0 Å². The van der Waals surface area contributed by atoms with E-state index in [0.29, 0.717) is 5.92 Å². The third-order valence-corrected chi connectivity index (χ3v) is 5.97. The second kappa shape index (κ2) is 6.73. The lowest BCUT2D eigenvalue weighted by Crippen LogP contribution is -2.68. The molecule has 2 aliphatic rings. The van der Waals surface area contributed by atoms with Crippen LogP contribution in [-0.4, -0.2) is 11.8 Å². The van der Waals surface area contributed by atoms with Crippen molar-refractivity contribution in [3.05, 3.63) is 0 Å². The monoisotopic (exact) mass is 282 g/mol. The van der Waals surface area contributed by atoms with Gasteiger partial charge in [0, 0.05) is 5.41 Å². The van der Waals surface area contributed by atoms with Crippen molar-refractivity contribution in [3.63, 3.8) is 0 Å². The molecule has 4 nitrogen and oxygen atoms in total. The summed E-state index contributed by atoms with van der Waals surface area (Å²) in [5, 5.41) is 0. The molecule has 8 N–H and O–H groups in total. The standard InChI is InChI=1S/C16H34N4/c17-14(18)9-12-15(10-5-2-6-11-15)16(19,20)13-7-3-1-4-8-13/h13-14H,1-12,17-20H2. The highest BCUT2D eigenvalue weighted by atomic mass is 15.0. The first kappa shape index (κ1) is 16.2. The summed E-state index contributed by atoms with van der Waals surface area (Å²) in [6, 6.07) is 0. The molecule has 0 unspecified atom stereocenters. The normalized spacial score (nSPS) is 25.1. The SMILES string of the molecule is NC(N)CCC1(C(N)(N)C2CCCCC2)CCCCC1. The predicted octanol–water partition coefficient (Wildman–Crippen LogP) is 2.15. The van der Waals surface area contributed by atoms with Crippen LogP contribution in [0.4, 0.5) is 0 Å². The summed E-state index contributed by atoms with van der Waals surface area (Å²) in [5.74, 6) is 0.475. The largest absolute Gasteiger partial charge is 0.316 e. The van der Waals surface area contributed by atoms with Gasteiger partial charge in [0.15, 0.2) is 0 Å². The van der Waals surface area contributed by atoms with Crippen molar-refractivity contribution < 1.29 is 0 Å². The highest BCUT2D eigenvalue weighted by Crippen LogP contribution is 2.50. The van der Waals surface area contributed by atoms with E-state index in [1.54, 1.807) is 0 Å². The zero-order chi connectivity index (χ0) is 14.6. The highest BCUT2D eigenvalue weighted by molar-refractivity contribution is 5.04. The molecule has 2 aliphatic carbocycles. The third kappa shape index (κ3) is 3.35. The molecular formula is C16H34N4. The molecule has 0 aromatic heterocycles. The number of hydrogen-bond donors (Lipinski definition) is 4. The first-order valence-corrected chi connectivity index (χ1v) is 8.57. The van der Waals surface area contributed by atoms with Crippen LogP contribution >= 0.6 is 0 Å². The zero-order valence-electron chi connectivity index (χ0n) is 12.9. The minimum Gasteiger partial charge on any atom is -0.316 e. The van der Waals surface area contributed by atoms with E-state index in [4.69, 9.17) is 22.9 Å². The van der Waals surface area contributed by atoms with Gasteiger partial charge in [-0.3, -0.25) is 0 Å². The molecule has 0 amide bonds. The Balaban J connectivity index is 2.14. The second-order valence-corrected chi connectivity index (χ2v) is 7.31. The van der Waals surface area contributed by atoms with Crippen molar-refractivity contribution in [2.75, 3.05) is 0 Å². The van der Waals surface area contributed by atoms with Crippen LogP contribution in [0.25, 0.3) is 0 Å². The van der Waals surface area contributed by atoms with Gasteiger partial charge in [-0.05, 0) is 44.4 Å². The van der Waals surface area contributed by atoms with Crippen molar-refractivity contribution in [3.8, 4) is 0 Å². The molecule has 0 aromatic carbocycles. The molecule has 0 aliphatic heterocycles. The highest BCUT2D eigenvalue weighted by Gasteiger charge is 2.50. The predicted molar refractivity (Wildman–Crippen MR) is 84.6 cm³/mol. The Hall–Kier alpha value is -0.160. The molecule has 2 saturated carbocycles. The van der Waals surface area contributed by atoms with Gasteiger partial charge in [0.2, 0.25) is 0 Å². The first-order chi connectivity index (χ1) is 9.48. The third-order valence-electron chi connectivity index (χ3n) is 5.97. The molecule has 0 bridgehead atoms. The minimum atomic E-state index is -0.539. The van der Waals surface area contributed by atoms with Gasteiger partial charge >= 0.3 is 0 Å². The van der Waals surface area contributed by atoms with Gasteiger partial charge in [0.25, 0.3) is 0 Å². The Morgan fingerprint density at radius 3 is 2.00 bits per heavy atom. The van der Waals surface area contributed by atoms with Crippen LogP contribution in [0.5, 0.6) is 0 Å². The van der Waals surface area contributed by atoms with E-state index in [1.165, 1.54) is 51.4 Å². The Morgan fingerprint density at radius 2 is 1.45 bits per heavy atom. The average molecular weight is 282 g/mol. The van der Waals surface area contributed by atoms with Crippen molar-refractivity contribution >= 4 is 0 Å². The van der Waals surface area contributed by atoms with Gasteiger partial charge in [0.05, 0.1) is 11.8 Å². The second-order valence-electron chi connectivity index (χ2n) is 7.31. The van der Waals surface area contributed by atoms with Crippen molar-refractivity contribution in [1.29, 1.82) is 0 Å². The minimum absolute atomic E-state index is 0.0598. The number of rotatable bonds is 5. The van der Waals surface area contributed by atoms with Gasteiger partial charge in [-0.15, -0.1) is 0 Å². The maximum Gasteiger partial charge on any atom is 0.0723 e. The molecule has 0 spiro atoms. The van der Waals surface area contributed by atoms with Gasteiger partial charge < -0.3 is 22.9 Å². The zero-order valence-corrected chi connectivity index (χ0v) is 12.9. The lowest BCUT2D eigenvalue weighted by atomic mass is 9.58. The lowest BCUT2D eigenvalue weighted by Gasteiger charge is -2.53. The molecule has 4 heteroatoms. The van der Waals surface area contributed by atoms with E-state index < -0.39 is 5.66 Å². The fourth-order valence-electron chi connectivity index (χ4n) is 4.58. The Labute approximate surface area is 124 Å². The van der Waals surface area contributed by atoms with Gasteiger partial charge in [-0.2, -0.15) is 0 Å². The van der Waals surface area contributed by atoms with E-state index >= 15 is 0 Å². The Bertz CT molecular complexity index is 289. The van der Waals surface area contributed by atoms with Crippen molar-refractivity contribution in [2.24, 2.45) is 34.3 Å². The van der Waals surface area contributed by atoms with Crippen molar-refractivity contribution in [2.45, 2.75) is 88.9 Å². The lowest BCUT2D eigenvalue weighted by molar-refractivity contribution is 0.00157. The van der Waals surface area contributed by atoms with Gasteiger partial charge in [0.1, 0.15) is 0 Å². The molecule has 0 atom stereocenters. The molecule has 20 heavy (non-hydrogen) atoms. The maximum absolute atomic E-state index is 6.78. The summed E-state index contributed by atoms with van der Waals surface area (Å²) in [7, 11) is 0. The Morgan fingerprint density at radius 1 is 0.900 bits per heavy atom. The van der Waals surface area contributed by atoms with E-state index in [9.17, 15) is 0 Å².